The predicted molar refractivity (Wildman–Crippen MR) is 101 cm³/mol. The molecular weight excluding hydrogens is 332 g/mol. The van der Waals surface area contributed by atoms with Crippen LogP contribution in [0.2, 0.25) is 0 Å². The summed E-state index contributed by atoms with van der Waals surface area (Å²) in [6.45, 7) is 9.69. The number of amides is 2. The summed E-state index contributed by atoms with van der Waals surface area (Å²) in [6, 6.07) is 7.01. The number of aliphatic carboxylic acids is 1. The number of benzene rings is 1. The first-order chi connectivity index (χ1) is 12.0. The lowest BCUT2D eigenvalue weighted by Crippen LogP contribution is -2.51. The van der Waals surface area contributed by atoms with E-state index in [-0.39, 0.29) is 30.1 Å². The molecule has 1 aromatic rings. The molecule has 144 valence electrons. The van der Waals surface area contributed by atoms with Crippen LogP contribution in [-0.2, 0) is 16.1 Å². The van der Waals surface area contributed by atoms with Crippen molar-refractivity contribution in [1.82, 2.24) is 10.2 Å². The van der Waals surface area contributed by atoms with Crippen LogP contribution in [-0.4, -0.2) is 40.4 Å². The topological polar surface area (TPSA) is 86.7 Å². The molecule has 0 bridgehead atoms. The summed E-state index contributed by atoms with van der Waals surface area (Å²) in [5, 5.41) is 12.0. The minimum absolute atomic E-state index is 0.0301. The normalized spacial score (nSPS) is 13.4. The van der Waals surface area contributed by atoms with E-state index >= 15 is 0 Å². The molecule has 0 aliphatic carbocycles. The van der Waals surface area contributed by atoms with Crippen LogP contribution in [0.15, 0.2) is 24.3 Å². The minimum atomic E-state index is -0.949. The van der Waals surface area contributed by atoms with Gasteiger partial charge in [0.25, 0.3) is 5.91 Å². The van der Waals surface area contributed by atoms with Crippen molar-refractivity contribution < 1.29 is 19.5 Å². The maximum Gasteiger partial charge on any atom is 0.305 e. The Morgan fingerprint density at radius 3 is 2.08 bits per heavy atom. The highest BCUT2D eigenvalue weighted by molar-refractivity contribution is 5.95. The average Bonchev–Trinajstić information content (AvgIpc) is 2.53. The molecule has 0 heterocycles. The van der Waals surface area contributed by atoms with E-state index in [9.17, 15) is 14.4 Å². The van der Waals surface area contributed by atoms with Gasteiger partial charge in [-0.1, -0.05) is 39.8 Å². The van der Waals surface area contributed by atoms with E-state index in [1.165, 1.54) is 0 Å². The van der Waals surface area contributed by atoms with E-state index in [2.05, 4.69) is 5.32 Å². The first-order valence-electron chi connectivity index (χ1n) is 8.84. The summed E-state index contributed by atoms with van der Waals surface area (Å²) in [5.74, 6) is -1.28. The van der Waals surface area contributed by atoms with Gasteiger partial charge in [0.05, 0.1) is 12.0 Å². The van der Waals surface area contributed by atoms with Crippen LogP contribution in [0.4, 0.5) is 0 Å². The van der Waals surface area contributed by atoms with E-state index in [1.807, 2.05) is 39.8 Å². The van der Waals surface area contributed by atoms with Gasteiger partial charge in [0.2, 0.25) is 5.91 Å². The third-order valence-electron chi connectivity index (χ3n) is 4.70. The third-order valence-corrected chi connectivity index (χ3v) is 4.70. The maximum atomic E-state index is 12.5. The molecule has 1 atom stereocenters. The lowest BCUT2D eigenvalue weighted by Gasteiger charge is -2.33. The quantitative estimate of drug-likeness (QED) is 0.744. The van der Waals surface area contributed by atoms with E-state index in [4.69, 9.17) is 5.11 Å². The molecule has 0 aliphatic heterocycles. The fourth-order valence-electron chi connectivity index (χ4n) is 2.59. The van der Waals surface area contributed by atoms with E-state index in [0.717, 1.165) is 5.56 Å². The Labute approximate surface area is 155 Å². The second kappa shape index (κ2) is 8.83. The first-order valence-corrected chi connectivity index (χ1v) is 8.84. The van der Waals surface area contributed by atoms with Gasteiger partial charge in [-0.3, -0.25) is 14.4 Å². The van der Waals surface area contributed by atoms with Crippen LogP contribution in [0.25, 0.3) is 0 Å². The van der Waals surface area contributed by atoms with Crippen molar-refractivity contribution in [1.29, 1.82) is 0 Å². The van der Waals surface area contributed by atoms with Crippen molar-refractivity contribution >= 4 is 17.8 Å². The zero-order valence-corrected chi connectivity index (χ0v) is 16.5. The van der Waals surface area contributed by atoms with Crippen LogP contribution in [0.1, 0.15) is 57.0 Å². The van der Waals surface area contributed by atoms with Gasteiger partial charge in [-0.2, -0.15) is 0 Å². The second-order valence-corrected chi connectivity index (χ2v) is 7.64. The molecule has 6 heteroatoms. The van der Waals surface area contributed by atoms with Crippen molar-refractivity contribution in [2.24, 2.45) is 11.8 Å². The molecule has 2 N–H and O–H groups in total. The van der Waals surface area contributed by atoms with Crippen molar-refractivity contribution in [3.05, 3.63) is 35.4 Å². The number of rotatable bonds is 8. The van der Waals surface area contributed by atoms with Crippen LogP contribution in [0.3, 0.4) is 0 Å². The highest BCUT2D eigenvalue weighted by Gasteiger charge is 2.33. The summed E-state index contributed by atoms with van der Waals surface area (Å²) in [6.07, 6.45) is -0.142. The zero-order valence-electron chi connectivity index (χ0n) is 16.5. The van der Waals surface area contributed by atoms with Gasteiger partial charge < -0.3 is 15.3 Å². The molecule has 0 aromatic heterocycles. The molecule has 26 heavy (non-hydrogen) atoms. The Balaban J connectivity index is 2.83. The maximum absolute atomic E-state index is 12.5. The Morgan fingerprint density at radius 2 is 1.65 bits per heavy atom. The first kappa shape index (κ1) is 21.7. The number of carbonyl (C=O) groups is 3. The summed E-state index contributed by atoms with van der Waals surface area (Å²) in [5.41, 5.74) is 0.560. The second-order valence-electron chi connectivity index (χ2n) is 7.64. The molecule has 0 saturated carbocycles. The Bertz CT molecular complexity index is 652. The number of carboxylic acid groups (broad SMARTS) is 1. The van der Waals surface area contributed by atoms with E-state index in [0.29, 0.717) is 12.1 Å². The Hall–Kier alpha value is -2.37. The van der Waals surface area contributed by atoms with Gasteiger partial charge in [0.15, 0.2) is 0 Å². The monoisotopic (exact) mass is 362 g/mol. The van der Waals surface area contributed by atoms with Gasteiger partial charge in [0, 0.05) is 25.1 Å². The molecule has 6 nitrogen and oxygen atoms in total. The fraction of sp³-hybridized carbons (Fsp3) is 0.550. The molecule has 0 saturated heterocycles. The number of hydrogen-bond donors (Lipinski definition) is 2. The van der Waals surface area contributed by atoms with Crippen LogP contribution >= 0.6 is 0 Å². The summed E-state index contributed by atoms with van der Waals surface area (Å²) in [4.78, 5) is 37.2. The molecular formula is C20H30N2O4. The summed E-state index contributed by atoms with van der Waals surface area (Å²) >= 11 is 0. The minimum Gasteiger partial charge on any atom is -0.481 e. The van der Waals surface area contributed by atoms with Gasteiger partial charge in [-0.25, -0.2) is 0 Å². The highest BCUT2D eigenvalue weighted by atomic mass is 16.4. The molecule has 0 spiro atoms. The van der Waals surface area contributed by atoms with Crippen molar-refractivity contribution in [2.45, 2.75) is 53.1 Å². The smallest absolute Gasteiger partial charge is 0.305 e. The van der Waals surface area contributed by atoms with Crippen molar-refractivity contribution in [2.75, 3.05) is 7.05 Å². The standard InChI is InChI=1S/C20H30N2O4/c1-13(2)19(26)22(6)12-15-7-9-16(10-8-15)18(25)21-20(5,14(3)4)11-17(23)24/h7-10,13-14H,11-12H2,1-6H3,(H,21,25)(H,23,24). The van der Waals surface area contributed by atoms with E-state index < -0.39 is 11.5 Å². The van der Waals surface area contributed by atoms with Crippen molar-refractivity contribution in [3.8, 4) is 0 Å². The number of nitrogens with one attached hydrogen (secondary N) is 1. The summed E-state index contributed by atoms with van der Waals surface area (Å²) < 4.78 is 0. The van der Waals surface area contributed by atoms with Gasteiger partial charge >= 0.3 is 5.97 Å². The van der Waals surface area contributed by atoms with Gasteiger partial charge in [0.1, 0.15) is 0 Å². The van der Waals surface area contributed by atoms with Gasteiger partial charge in [-0.15, -0.1) is 0 Å². The lowest BCUT2D eigenvalue weighted by atomic mass is 9.85. The number of carbonyl (C=O) groups excluding carboxylic acids is 2. The average molecular weight is 362 g/mol. The fourth-order valence-corrected chi connectivity index (χ4v) is 2.59. The van der Waals surface area contributed by atoms with E-state index in [1.54, 1.807) is 31.0 Å². The number of hydrogen-bond acceptors (Lipinski definition) is 3. The number of carboxylic acids is 1. The Kier molecular flexibility index (Phi) is 7.36. The number of nitrogens with zero attached hydrogens (tertiary/aromatic N) is 1. The molecule has 0 aliphatic rings. The lowest BCUT2D eigenvalue weighted by molar-refractivity contribution is -0.139. The molecule has 1 unspecified atom stereocenters. The molecule has 0 fully saturated rings. The van der Waals surface area contributed by atoms with Gasteiger partial charge in [-0.05, 0) is 30.5 Å². The van der Waals surface area contributed by atoms with Crippen molar-refractivity contribution in [3.63, 3.8) is 0 Å². The third kappa shape index (κ3) is 5.86. The van der Waals surface area contributed by atoms with Crippen LogP contribution < -0.4 is 5.32 Å². The van der Waals surface area contributed by atoms with Crippen LogP contribution in [0.5, 0.6) is 0 Å². The molecule has 1 aromatic carbocycles. The molecule has 1 rings (SSSR count). The Morgan fingerprint density at radius 1 is 1.12 bits per heavy atom. The predicted octanol–water partition coefficient (Wildman–Crippen LogP) is 2.92. The highest BCUT2D eigenvalue weighted by Crippen LogP contribution is 2.21. The molecule has 0 radical (unpaired) electrons. The largest absolute Gasteiger partial charge is 0.481 e. The molecule has 2 amide bonds. The summed E-state index contributed by atoms with van der Waals surface area (Å²) in [7, 11) is 1.75. The zero-order chi connectivity index (χ0) is 20.1. The SMILES string of the molecule is CC(C)C(=O)N(C)Cc1ccc(C(=O)NC(C)(CC(=O)O)C(C)C)cc1. The van der Waals surface area contributed by atoms with Crippen LogP contribution in [0, 0.1) is 11.8 Å².